The molecule has 0 bridgehead atoms. The van der Waals surface area contributed by atoms with Crippen LogP contribution in [0.4, 0.5) is 5.69 Å². The summed E-state index contributed by atoms with van der Waals surface area (Å²) in [5, 5.41) is 2.94. The molecule has 0 saturated carbocycles. The highest BCUT2D eigenvalue weighted by Crippen LogP contribution is 2.22. The predicted molar refractivity (Wildman–Crippen MR) is 110 cm³/mol. The van der Waals surface area contributed by atoms with Gasteiger partial charge in [-0.05, 0) is 36.5 Å². The Hall–Kier alpha value is -2.18. The van der Waals surface area contributed by atoms with Crippen molar-refractivity contribution in [2.24, 2.45) is 0 Å². The van der Waals surface area contributed by atoms with Gasteiger partial charge in [0.05, 0.1) is 12.8 Å². The first kappa shape index (κ1) is 21.1. The van der Waals surface area contributed by atoms with Crippen LogP contribution in [0.2, 0.25) is 0 Å². The summed E-state index contributed by atoms with van der Waals surface area (Å²) in [4.78, 5) is 12.6. The summed E-state index contributed by atoms with van der Waals surface area (Å²) in [5.74, 6) is -0.330. The number of aryl methyl sites for hydroxylation is 3. The highest BCUT2D eigenvalue weighted by Gasteiger charge is 2.21. The van der Waals surface area contributed by atoms with Gasteiger partial charge in [0, 0.05) is 12.2 Å². The Morgan fingerprint density at radius 3 is 2.15 bits per heavy atom. The molecule has 2 aromatic carbocycles. The Bertz CT molecular complexity index is 885. The van der Waals surface area contributed by atoms with Gasteiger partial charge in [0.15, 0.2) is 0 Å². The molecule has 0 aliphatic carbocycles. The van der Waals surface area contributed by atoms with Crippen LogP contribution in [0.1, 0.15) is 36.1 Å². The summed E-state index contributed by atoms with van der Waals surface area (Å²) in [6.45, 7) is 5.98. The Labute approximate surface area is 162 Å². The van der Waals surface area contributed by atoms with E-state index in [0.29, 0.717) is 0 Å². The molecule has 0 unspecified atom stereocenters. The molecule has 0 aliphatic heterocycles. The SMILES string of the molecule is CCc1cccc(CC)c1NC(=O)CN(Cc1cccc(C)c1)S(C)(=O)=O. The number of benzene rings is 2. The monoisotopic (exact) mass is 388 g/mol. The van der Waals surface area contributed by atoms with E-state index in [1.807, 2.05) is 63.2 Å². The molecule has 0 aromatic heterocycles. The van der Waals surface area contributed by atoms with Crippen molar-refractivity contribution in [1.82, 2.24) is 4.31 Å². The first-order valence-electron chi connectivity index (χ1n) is 9.15. The third-order valence-electron chi connectivity index (χ3n) is 4.49. The van der Waals surface area contributed by atoms with Crippen LogP contribution >= 0.6 is 0 Å². The van der Waals surface area contributed by atoms with Gasteiger partial charge in [-0.3, -0.25) is 4.79 Å². The predicted octanol–water partition coefficient (Wildman–Crippen LogP) is 3.52. The third kappa shape index (κ3) is 5.91. The maximum atomic E-state index is 12.6. The van der Waals surface area contributed by atoms with Crippen LogP contribution in [0.25, 0.3) is 0 Å². The topological polar surface area (TPSA) is 66.5 Å². The van der Waals surface area contributed by atoms with Crippen LogP contribution in [0.15, 0.2) is 42.5 Å². The average molecular weight is 389 g/mol. The molecule has 5 nitrogen and oxygen atoms in total. The molecule has 0 fully saturated rings. The van der Waals surface area contributed by atoms with E-state index in [0.717, 1.165) is 47.0 Å². The molecule has 146 valence electrons. The summed E-state index contributed by atoms with van der Waals surface area (Å²) in [5.41, 5.74) is 4.81. The number of anilines is 1. The number of nitrogens with one attached hydrogen (secondary N) is 1. The minimum absolute atomic E-state index is 0.171. The third-order valence-corrected chi connectivity index (χ3v) is 5.69. The normalized spacial score (nSPS) is 11.6. The highest BCUT2D eigenvalue weighted by atomic mass is 32.2. The summed E-state index contributed by atoms with van der Waals surface area (Å²) < 4.78 is 25.6. The van der Waals surface area contributed by atoms with Gasteiger partial charge in [0.1, 0.15) is 0 Å². The second kappa shape index (κ2) is 9.15. The van der Waals surface area contributed by atoms with Crippen molar-refractivity contribution >= 4 is 21.6 Å². The smallest absolute Gasteiger partial charge is 0.239 e. The maximum absolute atomic E-state index is 12.6. The van der Waals surface area contributed by atoms with Gasteiger partial charge in [-0.25, -0.2) is 8.42 Å². The minimum Gasteiger partial charge on any atom is -0.324 e. The lowest BCUT2D eigenvalue weighted by Gasteiger charge is -2.21. The molecule has 0 heterocycles. The number of hydrogen-bond acceptors (Lipinski definition) is 3. The molecule has 1 N–H and O–H groups in total. The van der Waals surface area contributed by atoms with Gasteiger partial charge >= 0.3 is 0 Å². The van der Waals surface area contributed by atoms with Gasteiger partial charge < -0.3 is 5.32 Å². The maximum Gasteiger partial charge on any atom is 0.239 e. The lowest BCUT2D eigenvalue weighted by Crippen LogP contribution is -2.37. The second-order valence-electron chi connectivity index (χ2n) is 6.73. The number of carbonyl (C=O) groups is 1. The van der Waals surface area contributed by atoms with Gasteiger partial charge in [0.25, 0.3) is 0 Å². The molecule has 6 heteroatoms. The fourth-order valence-electron chi connectivity index (χ4n) is 3.05. The molecule has 2 aromatic rings. The number of nitrogens with zero attached hydrogens (tertiary/aromatic N) is 1. The standard InChI is InChI=1S/C21H28N2O3S/c1-5-18-11-8-12-19(6-2)21(18)22-20(24)15-23(27(4,25)26)14-17-10-7-9-16(3)13-17/h7-13H,5-6,14-15H2,1-4H3,(H,22,24). The minimum atomic E-state index is -3.52. The van der Waals surface area contributed by atoms with E-state index < -0.39 is 10.0 Å². The largest absolute Gasteiger partial charge is 0.324 e. The number of amides is 1. The van der Waals surface area contributed by atoms with Crippen molar-refractivity contribution < 1.29 is 13.2 Å². The molecule has 1 amide bonds. The molecular formula is C21H28N2O3S. The van der Waals surface area contributed by atoms with Crippen molar-refractivity contribution in [3.8, 4) is 0 Å². The lowest BCUT2D eigenvalue weighted by atomic mass is 10.0. The highest BCUT2D eigenvalue weighted by molar-refractivity contribution is 7.88. The van der Waals surface area contributed by atoms with Crippen molar-refractivity contribution in [3.63, 3.8) is 0 Å². The summed E-state index contributed by atoms with van der Waals surface area (Å²) in [6.07, 6.45) is 2.72. The molecule has 0 aliphatic rings. The Morgan fingerprint density at radius 1 is 1.04 bits per heavy atom. The first-order valence-corrected chi connectivity index (χ1v) is 11.0. The number of carbonyl (C=O) groups excluding carboxylic acids is 1. The fraction of sp³-hybridized carbons (Fsp3) is 0.381. The number of para-hydroxylation sites is 1. The van der Waals surface area contributed by atoms with E-state index in [-0.39, 0.29) is 19.0 Å². The lowest BCUT2D eigenvalue weighted by molar-refractivity contribution is -0.116. The zero-order valence-electron chi connectivity index (χ0n) is 16.5. The zero-order chi connectivity index (χ0) is 20.0. The molecule has 2 rings (SSSR count). The molecule has 0 spiro atoms. The molecular weight excluding hydrogens is 360 g/mol. The van der Waals surface area contributed by atoms with Crippen molar-refractivity contribution in [3.05, 3.63) is 64.7 Å². The van der Waals surface area contributed by atoms with Crippen LogP contribution in [0.3, 0.4) is 0 Å². The molecule has 0 saturated heterocycles. The number of hydrogen-bond donors (Lipinski definition) is 1. The van der Waals surface area contributed by atoms with Gasteiger partial charge in [-0.15, -0.1) is 0 Å². The number of sulfonamides is 1. The average Bonchev–Trinajstić information content (AvgIpc) is 2.60. The number of rotatable bonds is 8. The summed E-state index contributed by atoms with van der Waals surface area (Å²) in [7, 11) is -3.52. The quantitative estimate of drug-likeness (QED) is 0.752. The van der Waals surface area contributed by atoms with Crippen molar-refractivity contribution in [2.75, 3.05) is 18.1 Å². The molecule has 0 atom stereocenters. The zero-order valence-corrected chi connectivity index (χ0v) is 17.3. The van der Waals surface area contributed by atoms with Crippen molar-refractivity contribution in [2.45, 2.75) is 40.2 Å². The van der Waals surface area contributed by atoms with Crippen LogP contribution < -0.4 is 5.32 Å². The Balaban J connectivity index is 2.20. The van der Waals surface area contributed by atoms with E-state index in [2.05, 4.69) is 5.32 Å². The van der Waals surface area contributed by atoms with Crippen LogP contribution in [-0.2, 0) is 34.2 Å². The van der Waals surface area contributed by atoms with E-state index in [9.17, 15) is 13.2 Å². The van der Waals surface area contributed by atoms with Gasteiger partial charge in [-0.1, -0.05) is 61.9 Å². The molecule has 27 heavy (non-hydrogen) atoms. The summed E-state index contributed by atoms with van der Waals surface area (Å²) >= 11 is 0. The van der Waals surface area contributed by atoms with Crippen LogP contribution in [0.5, 0.6) is 0 Å². The van der Waals surface area contributed by atoms with Crippen LogP contribution in [-0.4, -0.2) is 31.4 Å². The van der Waals surface area contributed by atoms with E-state index in [1.165, 1.54) is 4.31 Å². The van der Waals surface area contributed by atoms with Gasteiger partial charge in [0.2, 0.25) is 15.9 Å². The fourth-order valence-corrected chi connectivity index (χ4v) is 3.78. The van der Waals surface area contributed by atoms with Crippen molar-refractivity contribution in [1.29, 1.82) is 0 Å². The van der Waals surface area contributed by atoms with E-state index in [4.69, 9.17) is 0 Å². The van der Waals surface area contributed by atoms with E-state index >= 15 is 0 Å². The first-order chi connectivity index (χ1) is 12.7. The Kier molecular flexibility index (Phi) is 7.16. The molecule has 0 radical (unpaired) electrons. The second-order valence-corrected chi connectivity index (χ2v) is 8.71. The van der Waals surface area contributed by atoms with E-state index in [1.54, 1.807) is 0 Å². The van der Waals surface area contributed by atoms with Gasteiger partial charge in [-0.2, -0.15) is 4.31 Å². The summed E-state index contributed by atoms with van der Waals surface area (Å²) in [6, 6.07) is 13.6. The Morgan fingerprint density at radius 2 is 1.63 bits per heavy atom. The van der Waals surface area contributed by atoms with Crippen LogP contribution in [0, 0.1) is 6.92 Å².